The van der Waals surface area contributed by atoms with Crippen LogP contribution < -0.4 is 0 Å². The van der Waals surface area contributed by atoms with Gasteiger partial charge >= 0.3 is 0 Å². The molecule has 0 saturated carbocycles. The normalized spacial score (nSPS) is 10.2. The maximum absolute atomic E-state index is 13.2. The van der Waals surface area contributed by atoms with E-state index in [0.29, 0.717) is 10.4 Å². The predicted molar refractivity (Wildman–Crippen MR) is 56.5 cm³/mol. The molecule has 1 heterocycles. The van der Waals surface area contributed by atoms with E-state index < -0.39 is 0 Å². The van der Waals surface area contributed by atoms with Gasteiger partial charge in [-0.25, -0.2) is 4.39 Å². The van der Waals surface area contributed by atoms with E-state index in [1.54, 1.807) is 23.7 Å². The number of Topliss-reactive ketones (excluding diaryl/α,β-unsaturated/α-hetero) is 1. The molecule has 2 rings (SSSR count). The maximum Gasteiger partial charge on any atom is 0.178 e. The Balaban J connectivity index is 2.17. The van der Waals surface area contributed by atoms with Crippen molar-refractivity contribution >= 4 is 17.1 Å². The molecule has 0 unspecified atom stereocenters. The molecule has 0 amide bonds. The molecule has 4 heteroatoms. The van der Waals surface area contributed by atoms with Crippen LogP contribution in [0.15, 0.2) is 36.0 Å². The van der Waals surface area contributed by atoms with E-state index in [0.717, 1.165) is 0 Å². The van der Waals surface area contributed by atoms with Crippen LogP contribution in [0.5, 0.6) is 0 Å². The van der Waals surface area contributed by atoms with Crippen molar-refractivity contribution in [1.82, 2.24) is 4.98 Å². The lowest BCUT2D eigenvalue weighted by atomic mass is 10.1. The summed E-state index contributed by atoms with van der Waals surface area (Å²) in [5, 5.41) is 0. The lowest BCUT2D eigenvalue weighted by molar-refractivity contribution is 0.0995. The van der Waals surface area contributed by atoms with Crippen LogP contribution >= 0.6 is 11.3 Å². The Morgan fingerprint density at radius 1 is 1.40 bits per heavy atom. The first-order valence-corrected chi connectivity index (χ1v) is 5.30. The Bertz CT molecular complexity index is 467. The smallest absolute Gasteiger partial charge is 0.178 e. The monoisotopic (exact) mass is 221 g/mol. The van der Waals surface area contributed by atoms with Crippen molar-refractivity contribution < 1.29 is 9.18 Å². The molecular weight excluding hydrogens is 213 g/mol. The van der Waals surface area contributed by atoms with Crippen LogP contribution in [0, 0.1) is 5.82 Å². The zero-order valence-electron chi connectivity index (χ0n) is 7.81. The lowest BCUT2D eigenvalue weighted by Crippen LogP contribution is -2.02. The summed E-state index contributed by atoms with van der Waals surface area (Å²) in [6.45, 7) is 0. The van der Waals surface area contributed by atoms with Crippen LogP contribution in [-0.2, 0) is 6.42 Å². The number of rotatable bonds is 3. The van der Waals surface area contributed by atoms with E-state index in [1.807, 2.05) is 0 Å². The second-order valence-corrected chi connectivity index (χ2v) is 3.94. The molecule has 0 aliphatic heterocycles. The molecule has 1 aromatic carbocycles. The zero-order chi connectivity index (χ0) is 10.7. The summed E-state index contributed by atoms with van der Waals surface area (Å²) < 4.78 is 13.2. The number of benzene rings is 1. The Labute approximate surface area is 90.4 Å². The molecule has 2 nitrogen and oxygen atoms in total. The van der Waals surface area contributed by atoms with E-state index >= 15 is 0 Å². The van der Waals surface area contributed by atoms with E-state index in [2.05, 4.69) is 4.98 Å². The van der Waals surface area contributed by atoms with Crippen molar-refractivity contribution in [2.24, 2.45) is 0 Å². The van der Waals surface area contributed by atoms with Crippen LogP contribution in [0.3, 0.4) is 0 Å². The van der Waals surface area contributed by atoms with Crippen molar-refractivity contribution in [2.45, 2.75) is 6.42 Å². The van der Waals surface area contributed by atoms with Gasteiger partial charge in [-0.15, -0.1) is 11.3 Å². The Kier molecular flexibility index (Phi) is 2.87. The van der Waals surface area contributed by atoms with Crippen LogP contribution in [-0.4, -0.2) is 10.8 Å². The average Bonchev–Trinajstić information content (AvgIpc) is 2.74. The first-order valence-electron chi connectivity index (χ1n) is 4.42. The second kappa shape index (κ2) is 4.31. The summed E-state index contributed by atoms with van der Waals surface area (Å²) in [4.78, 5) is 16.0. The highest BCUT2D eigenvalue weighted by Crippen LogP contribution is 2.13. The fourth-order valence-electron chi connectivity index (χ4n) is 1.26. The fourth-order valence-corrected chi connectivity index (χ4v) is 1.82. The van der Waals surface area contributed by atoms with E-state index in [9.17, 15) is 9.18 Å². The molecule has 0 N–H and O–H groups in total. The first kappa shape index (κ1) is 9.98. The number of carbonyl (C=O) groups excluding carboxylic acids is 1. The molecule has 0 atom stereocenters. The van der Waals surface area contributed by atoms with Crippen molar-refractivity contribution in [3.05, 3.63) is 52.2 Å². The molecule has 1 aromatic heterocycles. The van der Waals surface area contributed by atoms with Crippen molar-refractivity contribution in [2.75, 3.05) is 0 Å². The largest absolute Gasteiger partial charge is 0.293 e. The molecule has 0 saturated heterocycles. The second-order valence-electron chi connectivity index (χ2n) is 3.06. The fraction of sp³-hybridized carbons (Fsp3) is 0.0909. The number of halogens is 1. The third-order valence-corrected chi connectivity index (χ3v) is 2.83. The standard InChI is InChI=1S/C11H8FNOS/c12-9-4-2-1-3-8(9)5-10(14)11-6-13-7-15-11/h1-4,6-7H,5H2. The molecule has 15 heavy (non-hydrogen) atoms. The van der Waals surface area contributed by atoms with Gasteiger partial charge < -0.3 is 0 Å². The molecule has 0 aliphatic rings. The predicted octanol–water partition coefficient (Wildman–Crippen LogP) is 2.71. The molecule has 76 valence electrons. The average molecular weight is 221 g/mol. The van der Waals surface area contributed by atoms with Gasteiger partial charge in [0.1, 0.15) is 5.82 Å². The van der Waals surface area contributed by atoms with Gasteiger partial charge in [0.25, 0.3) is 0 Å². The Morgan fingerprint density at radius 3 is 2.87 bits per heavy atom. The third kappa shape index (κ3) is 2.27. The SMILES string of the molecule is O=C(Cc1ccccc1F)c1cncs1. The van der Waals surface area contributed by atoms with Crippen LogP contribution in [0.1, 0.15) is 15.2 Å². The minimum absolute atomic E-state index is 0.0921. The van der Waals surface area contributed by atoms with Crippen molar-refractivity contribution in [3.8, 4) is 0 Å². The van der Waals surface area contributed by atoms with Crippen LogP contribution in [0.25, 0.3) is 0 Å². The summed E-state index contributed by atoms with van der Waals surface area (Å²) in [6, 6.07) is 6.30. The number of hydrogen-bond donors (Lipinski definition) is 0. The number of hydrogen-bond acceptors (Lipinski definition) is 3. The molecule has 0 radical (unpaired) electrons. The topological polar surface area (TPSA) is 30.0 Å². The van der Waals surface area contributed by atoms with Gasteiger partial charge in [0.05, 0.1) is 10.4 Å². The maximum atomic E-state index is 13.2. The molecular formula is C11H8FNOS. The quantitative estimate of drug-likeness (QED) is 0.746. The minimum atomic E-state index is -0.338. The molecule has 0 bridgehead atoms. The van der Waals surface area contributed by atoms with Crippen LogP contribution in [0.4, 0.5) is 4.39 Å². The zero-order valence-corrected chi connectivity index (χ0v) is 8.63. The minimum Gasteiger partial charge on any atom is -0.293 e. The van der Waals surface area contributed by atoms with Crippen LogP contribution in [0.2, 0.25) is 0 Å². The highest BCUT2D eigenvalue weighted by molar-refractivity contribution is 7.11. The summed E-state index contributed by atoms with van der Waals surface area (Å²) in [5.74, 6) is -0.432. The first-order chi connectivity index (χ1) is 7.27. The van der Waals surface area contributed by atoms with Gasteiger partial charge in [0, 0.05) is 12.6 Å². The molecule has 0 spiro atoms. The highest BCUT2D eigenvalue weighted by Gasteiger charge is 2.10. The summed E-state index contributed by atoms with van der Waals surface area (Å²) >= 11 is 1.27. The lowest BCUT2D eigenvalue weighted by Gasteiger charge is -1.99. The van der Waals surface area contributed by atoms with Gasteiger partial charge in [-0.2, -0.15) is 0 Å². The number of ketones is 1. The summed E-state index contributed by atoms with van der Waals surface area (Å²) in [6.07, 6.45) is 1.60. The molecule has 0 aliphatic carbocycles. The number of thiazole rings is 1. The van der Waals surface area contributed by atoms with Crippen molar-refractivity contribution in [3.63, 3.8) is 0 Å². The van der Waals surface area contributed by atoms with E-state index in [-0.39, 0.29) is 18.0 Å². The number of aromatic nitrogens is 1. The Hall–Kier alpha value is -1.55. The third-order valence-electron chi connectivity index (χ3n) is 2.02. The summed E-state index contributed by atoms with van der Waals surface area (Å²) in [7, 11) is 0. The van der Waals surface area contributed by atoms with Crippen molar-refractivity contribution in [1.29, 1.82) is 0 Å². The van der Waals surface area contributed by atoms with Gasteiger partial charge in [-0.05, 0) is 11.6 Å². The van der Waals surface area contributed by atoms with E-state index in [1.165, 1.54) is 23.6 Å². The molecule has 0 fully saturated rings. The highest BCUT2D eigenvalue weighted by atomic mass is 32.1. The number of nitrogens with zero attached hydrogens (tertiary/aromatic N) is 1. The number of carbonyl (C=O) groups is 1. The molecule has 2 aromatic rings. The van der Waals surface area contributed by atoms with E-state index in [4.69, 9.17) is 0 Å². The van der Waals surface area contributed by atoms with Gasteiger partial charge in [-0.1, -0.05) is 18.2 Å². The van der Waals surface area contributed by atoms with Gasteiger partial charge in [-0.3, -0.25) is 9.78 Å². The van der Waals surface area contributed by atoms with Gasteiger partial charge in [0.15, 0.2) is 5.78 Å². The van der Waals surface area contributed by atoms with Gasteiger partial charge in [0.2, 0.25) is 0 Å². The Morgan fingerprint density at radius 2 is 2.20 bits per heavy atom. The summed E-state index contributed by atoms with van der Waals surface area (Å²) in [5.41, 5.74) is 2.02.